The average molecular weight is 172 g/mol. The predicted molar refractivity (Wildman–Crippen MR) is 55.5 cm³/mol. The van der Waals surface area contributed by atoms with Crippen molar-refractivity contribution in [3.63, 3.8) is 0 Å². The van der Waals surface area contributed by atoms with Crippen molar-refractivity contribution in [1.29, 1.82) is 0 Å². The van der Waals surface area contributed by atoms with Crippen LogP contribution in [0.15, 0.2) is 0 Å². The molecule has 0 amide bonds. The van der Waals surface area contributed by atoms with Crippen molar-refractivity contribution < 1.29 is 0 Å². The quantitative estimate of drug-likeness (QED) is 0.628. The minimum Gasteiger partial charge on any atom is -0.318 e. The Morgan fingerprint density at radius 1 is 1.25 bits per heavy atom. The molecule has 12 heavy (non-hydrogen) atoms. The summed E-state index contributed by atoms with van der Waals surface area (Å²) in [6.45, 7) is 9.02. The molecule has 74 valence electrons. The van der Waals surface area contributed by atoms with Crippen molar-refractivity contribution in [2.45, 2.75) is 39.7 Å². The summed E-state index contributed by atoms with van der Waals surface area (Å²) in [5, 5.41) is 6.34. The van der Waals surface area contributed by atoms with E-state index in [1.165, 1.54) is 25.9 Å². The molecule has 0 aromatic heterocycles. The summed E-state index contributed by atoms with van der Waals surface area (Å²) in [7, 11) is 1.95. The minimum absolute atomic E-state index is 0.634. The summed E-state index contributed by atoms with van der Waals surface area (Å²) in [5.74, 6) is 0.973. The number of hydrogen-bond acceptors (Lipinski definition) is 2. The normalized spacial score (nSPS) is 18.8. The number of rotatable bonds is 1. The molecule has 2 heteroatoms. The lowest BCUT2D eigenvalue weighted by Crippen LogP contribution is -2.26. The zero-order valence-corrected chi connectivity index (χ0v) is 8.98. The van der Waals surface area contributed by atoms with Crippen molar-refractivity contribution in [3.05, 3.63) is 0 Å². The first kappa shape index (κ1) is 11.9. The first-order chi connectivity index (χ1) is 5.66. The fourth-order valence-corrected chi connectivity index (χ4v) is 0.966. The van der Waals surface area contributed by atoms with Crippen molar-refractivity contribution in [2.75, 3.05) is 20.1 Å². The van der Waals surface area contributed by atoms with E-state index in [9.17, 15) is 0 Å². The maximum atomic E-state index is 3.32. The summed E-state index contributed by atoms with van der Waals surface area (Å²) in [4.78, 5) is 0. The molecule has 0 aromatic carbocycles. The van der Waals surface area contributed by atoms with Crippen molar-refractivity contribution >= 4 is 0 Å². The second-order valence-electron chi connectivity index (χ2n) is 3.88. The van der Waals surface area contributed by atoms with E-state index in [0.29, 0.717) is 6.04 Å². The van der Waals surface area contributed by atoms with E-state index in [1.54, 1.807) is 0 Å². The second kappa shape index (κ2) is 7.56. The monoisotopic (exact) mass is 172 g/mol. The van der Waals surface area contributed by atoms with Crippen molar-refractivity contribution in [2.24, 2.45) is 5.92 Å². The van der Waals surface area contributed by atoms with Crippen LogP contribution in [0.1, 0.15) is 33.6 Å². The number of hydrogen-bond donors (Lipinski definition) is 2. The third-order valence-corrected chi connectivity index (χ3v) is 2.21. The first-order valence-corrected chi connectivity index (χ1v) is 5.04. The van der Waals surface area contributed by atoms with Crippen molar-refractivity contribution in [1.82, 2.24) is 10.6 Å². The predicted octanol–water partition coefficient (Wildman–Crippen LogP) is 1.62. The van der Waals surface area contributed by atoms with Crippen molar-refractivity contribution in [3.8, 4) is 0 Å². The van der Waals surface area contributed by atoms with E-state index in [-0.39, 0.29) is 0 Å². The van der Waals surface area contributed by atoms with Crippen LogP contribution in [-0.4, -0.2) is 26.2 Å². The van der Waals surface area contributed by atoms with Gasteiger partial charge in [0.15, 0.2) is 0 Å². The van der Waals surface area contributed by atoms with Gasteiger partial charge in [0.05, 0.1) is 0 Å². The first-order valence-electron chi connectivity index (χ1n) is 5.04. The van der Waals surface area contributed by atoms with E-state index in [1.807, 2.05) is 7.05 Å². The fraction of sp³-hybridized carbons (Fsp3) is 1.00. The Labute approximate surface area is 77.1 Å². The molecule has 0 aliphatic carbocycles. The van der Waals surface area contributed by atoms with E-state index in [0.717, 1.165) is 5.92 Å². The van der Waals surface area contributed by atoms with Gasteiger partial charge in [-0.2, -0.15) is 0 Å². The lowest BCUT2D eigenvalue weighted by atomic mass is 10.0. The molecule has 0 unspecified atom stereocenters. The molecule has 2 nitrogen and oxygen atoms in total. The Bertz CT molecular complexity index is 85.8. The molecule has 1 aliphatic heterocycles. The van der Waals surface area contributed by atoms with Gasteiger partial charge in [0, 0.05) is 6.04 Å². The van der Waals surface area contributed by atoms with E-state index in [4.69, 9.17) is 0 Å². The van der Waals surface area contributed by atoms with Gasteiger partial charge in [-0.3, -0.25) is 0 Å². The van der Waals surface area contributed by atoms with Gasteiger partial charge in [-0.05, 0) is 38.9 Å². The fourth-order valence-electron chi connectivity index (χ4n) is 0.966. The van der Waals surface area contributed by atoms with Crippen LogP contribution in [0.4, 0.5) is 0 Å². The highest BCUT2D eigenvalue weighted by molar-refractivity contribution is 4.62. The maximum Gasteiger partial charge on any atom is 0.000733 e. The largest absolute Gasteiger partial charge is 0.318 e. The number of piperidine rings is 1. The zero-order valence-electron chi connectivity index (χ0n) is 8.98. The van der Waals surface area contributed by atoms with Crippen LogP contribution in [0.3, 0.4) is 0 Å². The Balaban J connectivity index is 0.000000217. The molecule has 0 atom stereocenters. The highest BCUT2D eigenvalue weighted by atomic mass is 14.9. The van der Waals surface area contributed by atoms with Crippen LogP contribution in [0.2, 0.25) is 0 Å². The van der Waals surface area contributed by atoms with Crippen LogP contribution in [0.25, 0.3) is 0 Å². The Morgan fingerprint density at radius 3 is 1.83 bits per heavy atom. The van der Waals surface area contributed by atoms with Gasteiger partial charge in [-0.25, -0.2) is 0 Å². The summed E-state index contributed by atoms with van der Waals surface area (Å²) in [5.41, 5.74) is 0. The molecule has 1 aliphatic rings. The zero-order chi connectivity index (χ0) is 9.40. The Hall–Kier alpha value is -0.0800. The number of nitrogens with one attached hydrogen (secondary N) is 2. The molecule has 0 aromatic rings. The van der Waals surface area contributed by atoms with Gasteiger partial charge in [-0.1, -0.05) is 20.8 Å². The highest BCUT2D eigenvalue weighted by Gasteiger charge is 2.04. The molecule has 1 fully saturated rings. The van der Waals surface area contributed by atoms with Gasteiger partial charge < -0.3 is 10.6 Å². The van der Waals surface area contributed by atoms with Gasteiger partial charge in [0.2, 0.25) is 0 Å². The molecule has 1 rings (SSSR count). The lowest BCUT2D eigenvalue weighted by molar-refractivity contribution is 0.402. The Kier molecular flexibility index (Phi) is 7.51. The Morgan fingerprint density at radius 2 is 1.67 bits per heavy atom. The molecular formula is C10H24N2. The van der Waals surface area contributed by atoms with Crippen LogP contribution >= 0.6 is 0 Å². The molecule has 0 bridgehead atoms. The standard InChI is InChI=1S/C6H13N.C4H11N/c1-6-2-4-7-5-3-6;1-4(2)5-3/h6-7H,2-5H2,1H3;4-5H,1-3H3. The summed E-state index contributed by atoms with van der Waals surface area (Å²) in [6.07, 6.45) is 2.75. The SMILES string of the molecule is CC1CCNCC1.CNC(C)C. The third-order valence-electron chi connectivity index (χ3n) is 2.21. The highest BCUT2D eigenvalue weighted by Crippen LogP contribution is 2.08. The lowest BCUT2D eigenvalue weighted by Gasteiger charge is -2.17. The molecule has 0 saturated carbocycles. The van der Waals surface area contributed by atoms with E-state index < -0.39 is 0 Å². The van der Waals surface area contributed by atoms with Gasteiger partial charge in [-0.15, -0.1) is 0 Å². The second-order valence-corrected chi connectivity index (χ2v) is 3.88. The van der Waals surface area contributed by atoms with Crippen LogP contribution in [0, 0.1) is 5.92 Å². The van der Waals surface area contributed by atoms with E-state index in [2.05, 4.69) is 31.4 Å². The molecular weight excluding hydrogens is 148 g/mol. The van der Waals surface area contributed by atoms with Crippen LogP contribution in [0.5, 0.6) is 0 Å². The average Bonchev–Trinajstić information content (AvgIpc) is 2.07. The van der Waals surface area contributed by atoms with E-state index >= 15 is 0 Å². The molecule has 0 radical (unpaired) electrons. The van der Waals surface area contributed by atoms with Crippen LogP contribution in [-0.2, 0) is 0 Å². The topological polar surface area (TPSA) is 24.1 Å². The minimum atomic E-state index is 0.634. The molecule has 0 spiro atoms. The van der Waals surface area contributed by atoms with Gasteiger partial charge >= 0.3 is 0 Å². The third kappa shape index (κ3) is 8.02. The van der Waals surface area contributed by atoms with Crippen LogP contribution < -0.4 is 10.6 Å². The molecule has 1 saturated heterocycles. The van der Waals surface area contributed by atoms with Gasteiger partial charge in [0.25, 0.3) is 0 Å². The molecule has 2 N–H and O–H groups in total. The maximum absolute atomic E-state index is 3.32. The summed E-state index contributed by atoms with van der Waals surface area (Å²) >= 11 is 0. The molecule has 1 heterocycles. The summed E-state index contributed by atoms with van der Waals surface area (Å²) in [6, 6.07) is 0.634. The summed E-state index contributed by atoms with van der Waals surface area (Å²) < 4.78 is 0. The van der Waals surface area contributed by atoms with Gasteiger partial charge in [0.1, 0.15) is 0 Å². The smallest absolute Gasteiger partial charge is 0.000733 e.